The van der Waals surface area contributed by atoms with Gasteiger partial charge in [0.15, 0.2) is 5.78 Å². The minimum Gasteiger partial charge on any atom is -0.465 e. The first-order valence-electron chi connectivity index (χ1n) is 6.49. The predicted molar refractivity (Wildman–Crippen MR) is 85.7 cm³/mol. The minimum atomic E-state index is -0.440. The van der Waals surface area contributed by atoms with Crippen LogP contribution in [-0.2, 0) is 14.3 Å². The first kappa shape index (κ1) is 16.2. The van der Waals surface area contributed by atoms with Crippen LogP contribution in [0.25, 0.3) is 0 Å². The fraction of sp³-hybridized carbons (Fsp3) is 0.188. The van der Waals surface area contributed by atoms with E-state index < -0.39 is 5.97 Å². The molecule has 0 saturated heterocycles. The van der Waals surface area contributed by atoms with Crippen LogP contribution in [0.2, 0.25) is 0 Å². The summed E-state index contributed by atoms with van der Waals surface area (Å²) in [6.07, 6.45) is 0. The van der Waals surface area contributed by atoms with Crippen LogP contribution in [0.5, 0.6) is 0 Å². The summed E-state index contributed by atoms with van der Waals surface area (Å²) in [5.74, 6) is -0.892. The predicted octanol–water partition coefficient (Wildman–Crippen LogP) is 2.98. The molecule has 1 N–H and O–H groups in total. The quantitative estimate of drug-likeness (QED) is 0.660. The molecule has 114 valence electrons. The third-order valence-electron chi connectivity index (χ3n) is 3.46. The van der Waals surface area contributed by atoms with Gasteiger partial charge in [-0.1, -0.05) is 0 Å². The SMILES string of the molecule is COC(=O)c1ccc(NC2=C(Br)C(=O)C(C)=C(C)C2=O)cc1. The fourth-order valence-corrected chi connectivity index (χ4v) is 2.55. The largest absolute Gasteiger partial charge is 0.465 e. The molecule has 0 saturated carbocycles. The van der Waals surface area contributed by atoms with Gasteiger partial charge in [-0.25, -0.2) is 4.79 Å². The fourth-order valence-electron chi connectivity index (χ4n) is 1.97. The van der Waals surface area contributed by atoms with E-state index in [4.69, 9.17) is 0 Å². The maximum absolute atomic E-state index is 12.3. The van der Waals surface area contributed by atoms with Crippen LogP contribution >= 0.6 is 15.9 Å². The highest BCUT2D eigenvalue weighted by atomic mass is 79.9. The molecule has 0 unspecified atom stereocenters. The molecule has 2 rings (SSSR count). The van der Waals surface area contributed by atoms with Gasteiger partial charge in [0.1, 0.15) is 5.70 Å². The molecule has 22 heavy (non-hydrogen) atoms. The van der Waals surface area contributed by atoms with Gasteiger partial charge < -0.3 is 10.1 Å². The molecule has 0 amide bonds. The third-order valence-corrected chi connectivity index (χ3v) is 4.22. The molecule has 1 aromatic carbocycles. The number of ether oxygens (including phenoxy) is 1. The molecule has 6 heteroatoms. The summed E-state index contributed by atoms with van der Waals surface area (Å²) in [7, 11) is 1.31. The van der Waals surface area contributed by atoms with Gasteiger partial charge in [0.2, 0.25) is 5.78 Å². The van der Waals surface area contributed by atoms with E-state index in [9.17, 15) is 14.4 Å². The summed E-state index contributed by atoms with van der Waals surface area (Å²) in [5.41, 5.74) is 2.04. The second kappa shape index (κ2) is 6.27. The molecular formula is C16H14BrNO4. The van der Waals surface area contributed by atoms with E-state index in [1.165, 1.54) is 7.11 Å². The Balaban J connectivity index is 2.29. The zero-order valence-electron chi connectivity index (χ0n) is 12.3. The van der Waals surface area contributed by atoms with E-state index in [0.29, 0.717) is 22.4 Å². The smallest absolute Gasteiger partial charge is 0.337 e. The maximum Gasteiger partial charge on any atom is 0.337 e. The Morgan fingerprint density at radius 1 is 1.05 bits per heavy atom. The number of ketones is 2. The Kier molecular flexibility index (Phi) is 4.61. The lowest BCUT2D eigenvalue weighted by atomic mass is 9.95. The van der Waals surface area contributed by atoms with Crippen molar-refractivity contribution < 1.29 is 19.1 Å². The van der Waals surface area contributed by atoms with Gasteiger partial charge in [0.25, 0.3) is 0 Å². The van der Waals surface area contributed by atoms with Gasteiger partial charge in [-0.3, -0.25) is 9.59 Å². The Morgan fingerprint density at radius 3 is 2.14 bits per heavy atom. The van der Waals surface area contributed by atoms with E-state index >= 15 is 0 Å². The van der Waals surface area contributed by atoms with Crippen molar-refractivity contribution in [1.29, 1.82) is 0 Å². The summed E-state index contributed by atoms with van der Waals surface area (Å²) in [6, 6.07) is 6.42. The van der Waals surface area contributed by atoms with Crippen molar-refractivity contribution in [3.8, 4) is 0 Å². The number of rotatable bonds is 3. The first-order chi connectivity index (χ1) is 10.4. The number of Topliss-reactive ketones (excluding diaryl/α,β-unsaturated/α-hetero) is 2. The van der Waals surface area contributed by atoms with Crippen molar-refractivity contribution >= 4 is 39.2 Å². The Bertz CT molecular complexity index is 729. The second-order valence-corrected chi connectivity index (χ2v) is 5.58. The highest BCUT2D eigenvalue weighted by Crippen LogP contribution is 2.29. The van der Waals surface area contributed by atoms with E-state index in [2.05, 4.69) is 26.0 Å². The lowest BCUT2D eigenvalue weighted by Crippen LogP contribution is -2.23. The number of allylic oxidation sites excluding steroid dienone is 3. The van der Waals surface area contributed by atoms with Crippen LogP contribution in [0.15, 0.2) is 45.6 Å². The van der Waals surface area contributed by atoms with Gasteiger partial charge in [-0.2, -0.15) is 0 Å². The summed E-state index contributed by atoms with van der Waals surface area (Å²) in [6.45, 7) is 3.25. The molecule has 0 atom stereocenters. The second-order valence-electron chi connectivity index (χ2n) is 4.79. The van der Waals surface area contributed by atoms with Crippen molar-refractivity contribution in [1.82, 2.24) is 0 Å². The highest BCUT2D eigenvalue weighted by molar-refractivity contribution is 9.12. The molecule has 0 heterocycles. The first-order valence-corrected chi connectivity index (χ1v) is 7.28. The van der Waals surface area contributed by atoms with Crippen molar-refractivity contribution in [3.63, 3.8) is 0 Å². The lowest BCUT2D eigenvalue weighted by molar-refractivity contribution is -0.115. The number of nitrogens with one attached hydrogen (secondary N) is 1. The standard InChI is InChI=1S/C16H14BrNO4/c1-8-9(2)15(20)13(12(17)14(8)19)18-11-6-4-10(5-7-11)16(21)22-3/h4-7,18H,1-3H3. The van der Waals surface area contributed by atoms with Gasteiger partial charge in [-0.05, 0) is 54.0 Å². The number of carbonyl (C=O) groups excluding carboxylic acids is 3. The summed E-state index contributed by atoms with van der Waals surface area (Å²) < 4.78 is 4.83. The highest BCUT2D eigenvalue weighted by Gasteiger charge is 2.29. The monoisotopic (exact) mass is 363 g/mol. The number of methoxy groups -OCH3 is 1. The summed E-state index contributed by atoms with van der Waals surface area (Å²) in [5, 5.41) is 2.92. The van der Waals surface area contributed by atoms with Crippen LogP contribution in [-0.4, -0.2) is 24.6 Å². The van der Waals surface area contributed by atoms with Crippen LogP contribution in [0.1, 0.15) is 24.2 Å². The van der Waals surface area contributed by atoms with Gasteiger partial charge in [0.05, 0.1) is 17.2 Å². The zero-order valence-corrected chi connectivity index (χ0v) is 13.9. The number of halogens is 1. The van der Waals surface area contributed by atoms with Crippen LogP contribution in [0.3, 0.4) is 0 Å². The van der Waals surface area contributed by atoms with Crippen molar-refractivity contribution in [3.05, 3.63) is 51.2 Å². The van der Waals surface area contributed by atoms with Crippen LogP contribution in [0, 0.1) is 0 Å². The molecule has 1 aliphatic carbocycles. The van der Waals surface area contributed by atoms with Gasteiger partial charge >= 0.3 is 5.97 Å². The molecule has 1 aromatic rings. The van der Waals surface area contributed by atoms with Crippen molar-refractivity contribution in [2.45, 2.75) is 13.8 Å². The Morgan fingerprint density at radius 2 is 1.59 bits per heavy atom. The third kappa shape index (κ3) is 2.87. The minimum absolute atomic E-state index is 0.193. The molecule has 0 aromatic heterocycles. The van der Waals surface area contributed by atoms with E-state index in [0.717, 1.165) is 0 Å². The molecule has 1 aliphatic rings. The van der Waals surface area contributed by atoms with Crippen LogP contribution in [0.4, 0.5) is 5.69 Å². The summed E-state index contributed by atoms with van der Waals surface area (Å²) >= 11 is 3.17. The number of benzene rings is 1. The Hall–Kier alpha value is -2.21. The topological polar surface area (TPSA) is 72.5 Å². The van der Waals surface area contributed by atoms with E-state index in [1.54, 1.807) is 38.1 Å². The van der Waals surface area contributed by atoms with Crippen molar-refractivity contribution in [2.75, 3.05) is 12.4 Å². The average Bonchev–Trinajstić information content (AvgIpc) is 2.55. The van der Waals surface area contributed by atoms with Gasteiger partial charge in [-0.15, -0.1) is 0 Å². The normalized spacial score (nSPS) is 15.3. The zero-order chi connectivity index (χ0) is 16.4. The van der Waals surface area contributed by atoms with Gasteiger partial charge in [0, 0.05) is 16.8 Å². The van der Waals surface area contributed by atoms with E-state index in [-0.39, 0.29) is 21.7 Å². The lowest BCUT2D eigenvalue weighted by Gasteiger charge is -2.18. The molecule has 0 fully saturated rings. The number of carbonyl (C=O) groups is 3. The number of anilines is 1. The molecule has 0 spiro atoms. The summed E-state index contributed by atoms with van der Waals surface area (Å²) in [4.78, 5) is 35.7. The molecule has 5 nitrogen and oxygen atoms in total. The molecular weight excluding hydrogens is 350 g/mol. The van der Waals surface area contributed by atoms with Crippen LogP contribution < -0.4 is 5.32 Å². The average molecular weight is 364 g/mol. The number of hydrogen-bond acceptors (Lipinski definition) is 5. The Labute approximate surface area is 136 Å². The number of hydrogen-bond donors (Lipinski definition) is 1. The number of esters is 1. The molecule has 0 bridgehead atoms. The maximum atomic E-state index is 12.3. The van der Waals surface area contributed by atoms with Crippen molar-refractivity contribution in [2.24, 2.45) is 0 Å². The van der Waals surface area contributed by atoms with E-state index in [1.807, 2.05) is 0 Å². The molecule has 0 aliphatic heterocycles. The molecule has 0 radical (unpaired) electrons.